The molecule has 9 heteroatoms. The third-order valence-electron chi connectivity index (χ3n) is 3.93. The van der Waals surface area contributed by atoms with Crippen LogP contribution in [0.4, 0.5) is 5.95 Å². The molecule has 0 aliphatic carbocycles. The summed E-state index contributed by atoms with van der Waals surface area (Å²) in [5.41, 5.74) is 3.23. The van der Waals surface area contributed by atoms with Crippen LogP contribution in [-0.4, -0.2) is 24.9 Å². The fourth-order valence-electron chi connectivity index (χ4n) is 2.58. The molecular formula is C17H17ClN6O2. The van der Waals surface area contributed by atoms with E-state index in [2.05, 4.69) is 22.1 Å². The van der Waals surface area contributed by atoms with E-state index in [9.17, 15) is 9.59 Å². The van der Waals surface area contributed by atoms with Crippen LogP contribution in [0.2, 0.25) is 5.02 Å². The fourth-order valence-corrected chi connectivity index (χ4v) is 2.76. The minimum Gasteiger partial charge on any atom is -0.299 e. The summed E-state index contributed by atoms with van der Waals surface area (Å²) in [5.74, 6) is 0.321. The van der Waals surface area contributed by atoms with Gasteiger partial charge in [-0.15, -0.1) is 6.58 Å². The van der Waals surface area contributed by atoms with E-state index in [1.54, 1.807) is 30.0 Å². The Bertz CT molecular complexity index is 1140. The van der Waals surface area contributed by atoms with Crippen LogP contribution in [-0.2, 0) is 20.6 Å². The molecule has 0 saturated heterocycles. The van der Waals surface area contributed by atoms with Gasteiger partial charge in [-0.2, -0.15) is 10.1 Å². The van der Waals surface area contributed by atoms with E-state index in [0.717, 1.165) is 10.1 Å². The molecule has 2 aromatic heterocycles. The maximum atomic E-state index is 12.5. The number of halogens is 1. The molecule has 0 spiro atoms. The lowest BCUT2D eigenvalue weighted by Crippen LogP contribution is -2.37. The normalized spacial score (nSPS) is 11.3. The highest BCUT2D eigenvalue weighted by Gasteiger charge is 2.18. The van der Waals surface area contributed by atoms with Crippen molar-refractivity contribution in [3.63, 3.8) is 0 Å². The Morgan fingerprint density at radius 2 is 2.00 bits per heavy atom. The molecule has 0 fully saturated rings. The summed E-state index contributed by atoms with van der Waals surface area (Å²) in [6.07, 6.45) is 3.19. The summed E-state index contributed by atoms with van der Waals surface area (Å²) in [5, 5.41) is 4.71. The first-order chi connectivity index (χ1) is 12.5. The Morgan fingerprint density at radius 3 is 2.69 bits per heavy atom. The van der Waals surface area contributed by atoms with E-state index < -0.39 is 11.2 Å². The van der Waals surface area contributed by atoms with Crippen molar-refractivity contribution in [1.82, 2.24) is 18.7 Å². The second-order valence-corrected chi connectivity index (χ2v) is 6.01. The highest BCUT2D eigenvalue weighted by atomic mass is 35.5. The Kier molecular flexibility index (Phi) is 4.77. The van der Waals surface area contributed by atoms with Gasteiger partial charge in [0, 0.05) is 31.2 Å². The van der Waals surface area contributed by atoms with Gasteiger partial charge in [0.05, 0.1) is 6.21 Å². The van der Waals surface area contributed by atoms with E-state index in [4.69, 9.17) is 11.6 Å². The molecule has 2 heterocycles. The number of anilines is 1. The molecule has 3 rings (SSSR count). The Labute approximate surface area is 153 Å². The molecule has 0 aliphatic heterocycles. The number of hydrazone groups is 1. The minimum absolute atomic E-state index is 0.274. The molecule has 26 heavy (non-hydrogen) atoms. The molecule has 1 aromatic carbocycles. The fraction of sp³-hybridized carbons (Fsp3) is 0.176. The zero-order chi connectivity index (χ0) is 18.8. The van der Waals surface area contributed by atoms with Gasteiger partial charge < -0.3 is 0 Å². The topological polar surface area (TPSA) is 86.2 Å². The first kappa shape index (κ1) is 17.7. The molecular weight excluding hydrogens is 356 g/mol. The number of imidazole rings is 1. The van der Waals surface area contributed by atoms with Gasteiger partial charge in [0.15, 0.2) is 11.2 Å². The highest BCUT2D eigenvalue weighted by Crippen LogP contribution is 2.16. The maximum Gasteiger partial charge on any atom is 0.332 e. The average molecular weight is 373 g/mol. The Balaban J connectivity index is 2.10. The number of hydrogen-bond donors (Lipinski definition) is 1. The summed E-state index contributed by atoms with van der Waals surface area (Å²) in [6.45, 7) is 4.03. The Morgan fingerprint density at radius 1 is 1.27 bits per heavy atom. The molecule has 134 valence electrons. The molecule has 0 radical (unpaired) electrons. The van der Waals surface area contributed by atoms with Gasteiger partial charge in [0.25, 0.3) is 5.56 Å². The lowest BCUT2D eigenvalue weighted by Gasteiger charge is -2.06. The van der Waals surface area contributed by atoms with Gasteiger partial charge in [0.2, 0.25) is 5.95 Å². The molecule has 3 aromatic rings. The summed E-state index contributed by atoms with van der Waals surface area (Å²) in [6, 6.07) is 7.25. The van der Waals surface area contributed by atoms with E-state index in [0.29, 0.717) is 23.0 Å². The average Bonchev–Trinajstić information content (AvgIpc) is 2.99. The molecule has 8 nitrogen and oxygen atoms in total. The molecule has 0 unspecified atom stereocenters. The van der Waals surface area contributed by atoms with Crippen LogP contribution in [0.5, 0.6) is 0 Å². The van der Waals surface area contributed by atoms with Gasteiger partial charge >= 0.3 is 5.69 Å². The molecule has 1 N–H and O–H groups in total. The van der Waals surface area contributed by atoms with Crippen molar-refractivity contribution in [2.45, 2.75) is 6.54 Å². The first-order valence-electron chi connectivity index (χ1n) is 7.76. The summed E-state index contributed by atoms with van der Waals surface area (Å²) in [4.78, 5) is 29.0. The first-order valence-corrected chi connectivity index (χ1v) is 8.14. The van der Waals surface area contributed by atoms with Crippen molar-refractivity contribution in [1.29, 1.82) is 0 Å². The number of aryl methyl sites for hydroxylation is 1. The summed E-state index contributed by atoms with van der Waals surface area (Å²) in [7, 11) is 2.99. The standard InChI is InChI=1S/C17H17ClN6O2/c1-4-9-24-13-14(22(2)17(26)23(3)15(13)25)20-16(24)21-19-10-11-7-5-6-8-12(11)18/h4-8,10H,1,9H2,2-3H3,(H,20,21)/b19-10+. The molecule has 0 amide bonds. The van der Waals surface area contributed by atoms with Crippen LogP contribution in [0.3, 0.4) is 0 Å². The van der Waals surface area contributed by atoms with E-state index >= 15 is 0 Å². The number of aromatic nitrogens is 4. The van der Waals surface area contributed by atoms with E-state index in [1.807, 2.05) is 18.2 Å². The predicted octanol–water partition coefficient (Wildman–Crippen LogP) is 1.72. The number of nitrogens with zero attached hydrogens (tertiary/aromatic N) is 5. The maximum absolute atomic E-state index is 12.5. The lowest BCUT2D eigenvalue weighted by atomic mass is 10.2. The summed E-state index contributed by atoms with van der Waals surface area (Å²) < 4.78 is 3.98. The SMILES string of the molecule is C=CCn1c(N/N=C/c2ccccc2Cl)nc2c1c(=O)n(C)c(=O)n2C. The van der Waals surface area contributed by atoms with Crippen molar-refractivity contribution in [3.8, 4) is 0 Å². The molecule has 0 bridgehead atoms. The number of hydrogen-bond acceptors (Lipinski definition) is 5. The molecule has 0 atom stereocenters. The van der Waals surface area contributed by atoms with Crippen molar-refractivity contribution >= 4 is 34.9 Å². The van der Waals surface area contributed by atoms with Crippen molar-refractivity contribution in [2.75, 3.05) is 5.43 Å². The van der Waals surface area contributed by atoms with Crippen LogP contribution in [0.15, 0.2) is 51.6 Å². The molecule has 0 aliphatic rings. The largest absolute Gasteiger partial charge is 0.332 e. The van der Waals surface area contributed by atoms with E-state index in [1.165, 1.54) is 11.6 Å². The third-order valence-corrected chi connectivity index (χ3v) is 4.28. The van der Waals surface area contributed by atoms with Crippen LogP contribution >= 0.6 is 11.6 Å². The van der Waals surface area contributed by atoms with Crippen molar-refractivity contribution < 1.29 is 0 Å². The Hall–Kier alpha value is -3.13. The van der Waals surface area contributed by atoms with Crippen LogP contribution in [0, 0.1) is 0 Å². The van der Waals surface area contributed by atoms with Crippen molar-refractivity contribution in [2.24, 2.45) is 19.2 Å². The van der Waals surface area contributed by atoms with Crippen LogP contribution in [0.1, 0.15) is 5.56 Å². The highest BCUT2D eigenvalue weighted by molar-refractivity contribution is 6.33. The quantitative estimate of drug-likeness (QED) is 0.420. The van der Waals surface area contributed by atoms with Gasteiger partial charge in [-0.3, -0.25) is 18.5 Å². The van der Waals surface area contributed by atoms with E-state index in [-0.39, 0.29) is 5.65 Å². The second kappa shape index (κ2) is 7.01. The zero-order valence-electron chi connectivity index (χ0n) is 14.3. The smallest absolute Gasteiger partial charge is 0.299 e. The van der Waals surface area contributed by atoms with Crippen LogP contribution in [0.25, 0.3) is 11.2 Å². The number of benzene rings is 1. The number of fused-ring (bicyclic) bond motifs is 1. The van der Waals surface area contributed by atoms with Gasteiger partial charge in [-0.05, 0) is 6.07 Å². The van der Waals surface area contributed by atoms with Gasteiger partial charge in [-0.1, -0.05) is 35.9 Å². The number of rotatable bonds is 5. The van der Waals surface area contributed by atoms with Gasteiger partial charge in [-0.25, -0.2) is 10.2 Å². The third kappa shape index (κ3) is 2.95. The number of nitrogens with one attached hydrogen (secondary N) is 1. The number of allylic oxidation sites excluding steroid dienone is 1. The minimum atomic E-state index is -0.447. The summed E-state index contributed by atoms with van der Waals surface area (Å²) >= 11 is 6.09. The van der Waals surface area contributed by atoms with Crippen LogP contribution < -0.4 is 16.7 Å². The monoisotopic (exact) mass is 372 g/mol. The predicted molar refractivity (Wildman–Crippen MR) is 103 cm³/mol. The zero-order valence-corrected chi connectivity index (χ0v) is 15.1. The lowest BCUT2D eigenvalue weighted by molar-refractivity contribution is 0.703. The molecule has 0 saturated carbocycles. The van der Waals surface area contributed by atoms with Gasteiger partial charge in [0.1, 0.15) is 0 Å². The second-order valence-electron chi connectivity index (χ2n) is 5.60. The van der Waals surface area contributed by atoms with Crippen molar-refractivity contribution in [3.05, 3.63) is 68.3 Å².